The highest BCUT2D eigenvalue weighted by Gasteiger charge is 2.34. The maximum atomic E-state index is 12.4. The van der Waals surface area contributed by atoms with Crippen LogP contribution in [0.2, 0.25) is 0 Å². The molecule has 1 saturated heterocycles. The molecule has 7 nitrogen and oxygen atoms in total. The van der Waals surface area contributed by atoms with Gasteiger partial charge in [-0.15, -0.1) is 0 Å². The standard InChI is InChI=1S/C17H21NO6S/c1-21-7-5-6-18-16(19)14(25-17(18)20)10-11-8-12(22-2)15(24-4)13(9-11)23-3/h8-10H,5-7H2,1-4H3/b14-10-. The van der Waals surface area contributed by atoms with Gasteiger partial charge in [0.05, 0.1) is 26.2 Å². The van der Waals surface area contributed by atoms with Gasteiger partial charge in [-0.3, -0.25) is 14.5 Å². The lowest BCUT2D eigenvalue weighted by molar-refractivity contribution is -0.122. The fourth-order valence-corrected chi connectivity index (χ4v) is 3.26. The second-order valence-electron chi connectivity index (χ2n) is 5.14. The van der Waals surface area contributed by atoms with Gasteiger partial charge in [-0.25, -0.2) is 0 Å². The molecule has 1 heterocycles. The molecule has 0 unspecified atom stereocenters. The quantitative estimate of drug-likeness (QED) is 0.517. The van der Waals surface area contributed by atoms with E-state index in [0.717, 1.165) is 11.8 Å². The van der Waals surface area contributed by atoms with Crippen LogP contribution in [0.4, 0.5) is 4.79 Å². The van der Waals surface area contributed by atoms with Gasteiger partial charge >= 0.3 is 0 Å². The number of hydrogen-bond donors (Lipinski definition) is 0. The van der Waals surface area contributed by atoms with E-state index in [1.807, 2.05) is 0 Å². The zero-order valence-electron chi connectivity index (χ0n) is 14.7. The summed E-state index contributed by atoms with van der Waals surface area (Å²) in [7, 11) is 6.14. The Balaban J connectivity index is 2.28. The average molecular weight is 367 g/mol. The molecule has 136 valence electrons. The zero-order chi connectivity index (χ0) is 18.4. The van der Waals surface area contributed by atoms with E-state index in [2.05, 4.69) is 0 Å². The summed E-state index contributed by atoms with van der Waals surface area (Å²) in [5.74, 6) is 1.12. The first-order valence-corrected chi connectivity index (χ1v) is 8.41. The molecule has 0 aromatic heterocycles. The lowest BCUT2D eigenvalue weighted by Gasteiger charge is -2.13. The predicted octanol–water partition coefficient (Wildman–Crippen LogP) is 2.79. The molecule has 25 heavy (non-hydrogen) atoms. The average Bonchev–Trinajstić information content (AvgIpc) is 2.88. The fraction of sp³-hybridized carbons (Fsp3) is 0.412. The molecule has 0 aliphatic carbocycles. The summed E-state index contributed by atoms with van der Waals surface area (Å²) >= 11 is 0.916. The van der Waals surface area contributed by atoms with Crippen molar-refractivity contribution in [1.82, 2.24) is 4.90 Å². The van der Waals surface area contributed by atoms with Crippen LogP contribution in [0.25, 0.3) is 6.08 Å². The van der Waals surface area contributed by atoms with Gasteiger partial charge in [-0.1, -0.05) is 0 Å². The number of carbonyl (C=O) groups is 2. The van der Waals surface area contributed by atoms with Crippen LogP contribution in [-0.2, 0) is 9.53 Å². The number of methoxy groups -OCH3 is 4. The number of carbonyl (C=O) groups excluding carboxylic acids is 2. The van der Waals surface area contributed by atoms with E-state index in [-0.39, 0.29) is 11.1 Å². The number of hydrogen-bond acceptors (Lipinski definition) is 7. The van der Waals surface area contributed by atoms with E-state index >= 15 is 0 Å². The molecule has 1 fully saturated rings. The number of imide groups is 1. The Morgan fingerprint density at radius 1 is 1.04 bits per heavy atom. The number of amides is 2. The lowest BCUT2D eigenvalue weighted by atomic mass is 10.1. The molecule has 0 N–H and O–H groups in total. The Morgan fingerprint density at radius 2 is 1.68 bits per heavy atom. The Kier molecular flexibility index (Phi) is 6.72. The van der Waals surface area contributed by atoms with E-state index in [1.165, 1.54) is 26.2 Å². The maximum Gasteiger partial charge on any atom is 0.293 e. The van der Waals surface area contributed by atoms with Gasteiger partial charge in [0.1, 0.15) is 0 Å². The zero-order valence-corrected chi connectivity index (χ0v) is 15.5. The highest BCUT2D eigenvalue weighted by atomic mass is 32.2. The van der Waals surface area contributed by atoms with Gasteiger partial charge in [0.15, 0.2) is 11.5 Å². The molecule has 0 radical (unpaired) electrons. The second kappa shape index (κ2) is 8.77. The topological polar surface area (TPSA) is 74.3 Å². The summed E-state index contributed by atoms with van der Waals surface area (Å²) in [4.78, 5) is 26.1. The molecule has 0 spiro atoms. The van der Waals surface area contributed by atoms with Crippen molar-refractivity contribution in [2.45, 2.75) is 6.42 Å². The van der Waals surface area contributed by atoms with Crippen molar-refractivity contribution >= 4 is 29.0 Å². The molecule has 8 heteroatoms. The minimum atomic E-state index is -0.306. The van der Waals surface area contributed by atoms with Crippen molar-refractivity contribution in [1.29, 1.82) is 0 Å². The first-order chi connectivity index (χ1) is 12.0. The van der Waals surface area contributed by atoms with Crippen LogP contribution < -0.4 is 14.2 Å². The Morgan fingerprint density at radius 3 is 2.20 bits per heavy atom. The highest BCUT2D eigenvalue weighted by Crippen LogP contribution is 2.40. The number of nitrogens with zero attached hydrogens (tertiary/aromatic N) is 1. The molecular formula is C17H21NO6S. The van der Waals surface area contributed by atoms with Gasteiger partial charge in [0.25, 0.3) is 11.1 Å². The summed E-state index contributed by atoms with van der Waals surface area (Å²) in [6.07, 6.45) is 2.25. The summed E-state index contributed by atoms with van der Waals surface area (Å²) in [5, 5.41) is -0.278. The molecule has 0 atom stereocenters. The van der Waals surface area contributed by atoms with Crippen molar-refractivity contribution in [3.05, 3.63) is 22.6 Å². The van der Waals surface area contributed by atoms with Crippen LogP contribution in [0, 0.1) is 0 Å². The largest absolute Gasteiger partial charge is 0.493 e. The van der Waals surface area contributed by atoms with Gasteiger partial charge in [-0.2, -0.15) is 0 Å². The third kappa shape index (κ3) is 4.26. The SMILES string of the molecule is COCCCN1C(=O)S/C(=C\c2cc(OC)c(OC)c(OC)c2)C1=O. The predicted molar refractivity (Wildman–Crippen MR) is 95.3 cm³/mol. The monoisotopic (exact) mass is 367 g/mol. The van der Waals surface area contributed by atoms with Crippen LogP contribution in [0.1, 0.15) is 12.0 Å². The minimum absolute atomic E-state index is 0.278. The third-order valence-electron chi connectivity index (χ3n) is 3.59. The van der Waals surface area contributed by atoms with Gasteiger partial charge in [-0.05, 0) is 42.0 Å². The van der Waals surface area contributed by atoms with Crippen LogP contribution in [0.3, 0.4) is 0 Å². The second-order valence-corrected chi connectivity index (χ2v) is 6.13. The lowest BCUT2D eigenvalue weighted by Crippen LogP contribution is -2.29. The fourth-order valence-electron chi connectivity index (χ4n) is 2.40. The Labute approximate surface area is 150 Å². The van der Waals surface area contributed by atoms with E-state index in [1.54, 1.807) is 25.3 Å². The molecule has 0 saturated carbocycles. The van der Waals surface area contributed by atoms with Crippen LogP contribution in [0.15, 0.2) is 17.0 Å². The molecular weight excluding hydrogens is 346 g/mol. The van der Waals surface area contributed by atoms with Gasteiger partial charge < -0.3 is 18.9 Å². The summed E-state index contributed by atoms with van der Waals surface area (Å²) < 4.78 is 20.8. The molecule has 0 bridgehead atoms. The Hall–Kier alpha value is -2.19. The number of ether oxygens (including phenoxy) is 4. The first kappa shape index (κ1) is 19.1. The van der Waals surface area contributed by atoms with Crippen molar-refractivity contribution < 1.29 is 28.5 Å². The highest BCUT2D eigenvalue weighted by molar-refractivity contribution is 8.18. The normalized spacial score (nSPS) is 15.8. The molecule has 2 amide bonds. The van der Waals surface area contributed by atoms with Crippen molar-refractivity contribution in [3.63, 3.8) is 0 Å². The summed E-state index contributed by atoms with van der Waals surface area (Å²) in [6.45, 7) is 0.832. The maximum absolute atomic E-state index is 12.4. The molecule has 1 aliphatic heterocycles. The van der Waals surface area contributed by atoms with Crippen molar-refractivity contribution in [3.8, 4) is 17.2 Å². The van der Waals surface area contributed by atoms with Gasteiger partial charge in [0, 0.05) is 20.3 Å². The summed E-state index contributed by atoms with van der Waals surface area (Å²) in [6, 6.07) is 3.44. The van der Waals surface area contributed by atoms with Crippen molar-refractivity contribution in [2.24, 2.45) is 0 Å². The molecule has 1 aromatic rings. The van der Waals surface area contributed by atoms with Gasteiger partial charge in [0.2, 0.25) is 5.75 Å². The number of benzene rings is 1. The van der Waals surface area contributed by atoms with E-state index < -0.39 is 0 Å². The van der Waals surface area contributed by atoms with Crippen molar-refractivity contribution in [2.75, 3.05) is 41.6 Å². The number of thioether (sulfide) groups is 1. The van der Waals surface area contributed by atoms with E-state index in [0.29, 0.717) is 47.3 Å². The number of rotatable bonds is 8. The Bertz CT molecular complexity index is 663. The molecule has 1 aliphatic rings. The van der Waals surface area contributed by atoms with Crippen LogP contribution >= 0.6 is 11.8 Å². The minimum Gasteiger partial charge on any atom is -0.493 e. The molecule has 2 rings (SSSR count). The van der Waals surface area contributed by atoms with Crippen LogP contribution in [-0.4, -0.2) is 57.6 Å². The molecule has 1 aromatic carbocycles. The first-order valence-electron chi connectivity index (χ1n) is 7.60. The summed E-state index contributed by atoms with van der Waals surface area (Å²) in [5.41, 5.74) is 0.678. The third-order valence-corrected chi connectivity index (χ3v) is 4.50. The van der Waals surface area contributed by atoms with Crippen LogP contribution in [0.5, 0.6) is 17.2 Å². The van der Waals surface area contributed by atoms with E-state index in [9.17, 15) is 9.59 Å². The smallest absolute Gasteiger partial charge is 0.293 e. The van der Waals surface area contributed by atoms with E-state index in [4.69, 9.17) is 18.9 Å².